The molecule has 0 bridgehead atoms. The Morgan fingerprint density at radius 3 is 2.52 bits per heavy atom. The van der Waals surface area contributed by atoms with E-state index < -0.39 is 4.92 Å². The first kappa shape index (κ1) is 17.1. The van der Waals surface area contributed by atoms with Crippen LogP contribution in [0.3, 0.4) is 0 Å². The fourth-order valence-electron chi connectivity index (χ4n) is 2.10. The molecule has 0 fully saturated rings. The topological polar surface area (TPSA) is 96.2 Å². The number of anilines is 2. The lowest BCUT2D eigenvalue weighted by Gasteiger charge is -2.19. The number of nitrogens with zero attached hydrogens (tertiary/aromatic N) is 4. The number of rotatable bonds is 9. The standard InChI is InChI=1S/C13H24N6O2/c1-5-8-18(6-2)9-7-15-12-11(19(20)21)10(3)16-13(14-4)17-12/h5-9H2,1-4H3,(H2,14,15,16,17). The normalized spacial score (nSPS) is 10.7. The molecule has 0 spiro atoms. The molecule has 2 N–H and O–H groups in total. The highest BCUT2D eigenvalue weighted by Crippen LogP contribution is 2.26. The van der Waals surface area contributed by atoms with Gasteiger partial charge >= 0.3 is 5.69 Å². The maximum Gasteiger partial charge on any atom is 0.332 e. The summed E-state index contributed by atoms with van der Waals surface area (Å²) in [7, 11) is 1.68. The second kappa shape index (κ2) is 8.35. The van der Waals surface area contributed by atoms with E-state index in [0.717, 1.165) is 26.1 Å². The molecule has 0 aromatic carbocycles. The second-order valence-corrected chi connectivity index (χ2v) is 4.70. The molecule has 0 atom stereocenters. The SMILES string of the molecule is CCCN(CC)CCNc1nc(NC)nc(C)c1[N+](=O)[O-]. The van der Waals surface area contributed by atoms with Gasteiger partial charge in [-0.3, -0.25) is 10.1 Å². The third-order valence-electron chi connectivity index (χ3n) is 3.17. The Morgan fingerprint density at radius 2 is 2.00 bits per heavy atom. The number of likely N-dealkylation sites (N-methyl/N-ethyl adjacent to an activating group) is 1. The quantitative estimate of drug-likeness (QED) is 0.530. The van der Waals surface area contributed by atoms with Crippen LogP contribution in [0.25, 0.3) is 0 Å². The molecule has 0 aliphatic heterocycles. The van der Waals surface area contributed by atoms with Gasteiger partial charge in [-0.1, -0.05) is 13.8 Å². The van der Waals surface area contributed by atoms with E-state index >= 15 is 0 Å². The van der Waals surface area contributed by atoms with E-state index in [4.69, 9.17) is 0 Å². The van der Waals surface area contributed by atoms with Crippen molar-refractivity contribution < 1.29 is 4.92 Å². The van der Waals surface area contributed by atoms with Gasteiger partial charge < -0.3 is 15.5 Å². The van der Waals surface area contributed by atoms with Gasteiger partial charge in [-0.2, -0.15) is 4.98 Å². The molecule has 0 saturated carbocycles. The van der Waals surface area contributed by atoms with E-state index in [-0.39, 0.29) is 11.5 Å². The van der Waals surface area contributed by atoms with Gasteiger partial charge in [0.1, 0.15) is 5.69 Å². The summed E-state index contributed by atoms with van der Waals surface area (Å²) in [6, 6.07) is 0. The van der Waals surface area contributed by atoms with Gasteiger partial charge in [0.05, 0.1) is 4.92 Å². The van der Waals surface area contributed by atoms with Gasteiger partial charge in [0, 0.05) is 20.1 Å². The zero-order valence-electron chi connectivity index (χ0n) is 13.1. The van der Waals surface area contributed by atoms with Crippen molar-refractivity contribution in [2.75, 3.05) is 43.9 Å². The number of nitrogens with one attached hydrogen (secondary N) is 2. The Morgan fingerprint density at radius 1 is 1.29 bits per heavy atom. The summed E-state index contributed by atoms with van der Waals surface area (Å²) in [5, 5.41) is 17.0. The highest BCUT2D eigenvalue weighted by molar-refractivity contribution is 5.60. The van der Waals surface area contributed by atoms with Crippen molar-refractivity contribution in [2.24, 2.45) is 0 Å². The van der Waals surface area contributed by atoms with Crippen LogP contribution in [-0.4, -0.2) is 53.0 Å². The molecule has 118 valence electrons. The molecule has 1 rings (SSSR count). The second-order valence-electron chi connectivity index (χ2n) is 4.70. The molecular weight excluding hydrogens is 272 g/mol. The molecule has 1 aromatic rings. The summed E-state index contributed by atoms with van der Waals surface area (Å²) in [5.74, 6) is 0.644. The lowest BCUT2D eigenvalue weighted by Crippen LogP contribution is -2.30. The van der Waals surface area contributed by atoms with Crippen molar-refractivity contribution in [3.8, 4) is 0 Å². The molecule has 21 heavy (non-hydrogen) atoms. The van der Waals surface area contributed by atoms with E-state index in [0.29, 0.717) is 18.2 Å². The van der Waals surface area contributed by atoms with Crippen LogP contribution in [0.1, 0.15) is 26.0 Å². The minimum Gasteiger partial charge on any atom is -0.363 e. The highest BCUT2D eigenvalue weighted by Gasteiger charge is 2.21. The Hall–Kier alpha value is -1.96. The zero-order chi connectivity index (χ0) is 15.8. The van der Waals surface area contributed by atoms with Gasteiger partial charge in [0.2, 0.25) is 11.8 Å². The lowest BCUT2D eigenvalue weighted by molar-refractivity contribution is -0.385. The Bertz CT molecular complexity index is 480. The van der Waals surface area contributed by atoms with Crippen LogP contribution in [0.15, 0.2) is 0 Å². The van der Waals surface area contributed by atoms with E-state index in [1.807, 2.05) is 0 Å². The van der Waals surface area contributed by atoms with Crippen LogP contribution in [0, 0.1) is 17.0 Å². The summed E-state index contributed by atoms with van der Waals surface area (Å²) >= 11 is 0. The molecule has 1 heterocycles. The smallest absolute Gasteiger partial charge is 0.332 e. The van der Waals surface area contributed by atoms with E-state index in [1.165, 1.54) is 0 Å². The van der Waals surface area contributed by atoms with Gasteiger partial charge in [0.15, 0.2) is 0 Å². The first-order chi connectivity index (χ1) is 10.0. The average molecular weight is 296 g/mol. The maximum absolute atomic E-state index is 11.2. The molecule has 0 radical (unpaired) electrons. The van der Waals surface area contributed by atoms with Gasteiger partial charge in [-0.25, -0.2) is 4.98 Å². The molecule has 0 unspecified atom stereocenters. The fraction of sp³-hybridized carbons (Fsp3) is 0.692. The molecule has 0 aliphatic carbocycles. The summed E-state index contributed by atoms with van der Waals surface area (Å²) < 4.78 is 0. The van der Waals surface area contributed by atoms with Gasteiger partial charge in [-0.15, -0.1) is 0 Å². The third kappa shape index (κ3) is 4.82. The minimum atomic E-state index is -0.444. The third-order valence-corrected chi connectivity index (χ3v) is 3.17. The minimum absolute atomic E-state index is 0.0625. The summed E-state index contributed by atoms with van der Waals surface area (Å²) in [5.41, 5.74) is 0.287. The van der Waals surface area contributed by atoms with E-state index in [1.54, 1.807) is 14.0 Å². The van der Waals surface area contributed by atoms with Crippen LogP contribution in [0.4, 0.5) is 17.5 Å². The molecule has 0 saturated heterocycles. The van der Waals surface area contributed by atoms with Crippen molar-refractivity contribution in [1.29, 1.82) is 0 Å². The van der Waals surface area contributed by atoms with Gasteiger partial charge in [0.25, 0.3) is 0 Å². The zero-order valence-corrected chi connectivity index (χ0v) is 13.1. The monoisotopic (exact) mass is 296 g/mol. The van der Waals surface area contributed by atoms with E-state index in [2.05, 4.69) is 39.3 Å². The summed E-state index contributed by atoms with van der Waals surface area (Å²) in [6.45, 7) is 9.25. The first-order valence-corrected chi connectivity index (χ1v) is 7.20. The van der Waals surface area contributed by atoms with Crippen LogP contribution < -0.4 is 10.6 Å². The number of aryl methyl sites for hydroxylation is 1. The number of nitro groups is 1. The molecule has 0 aliphatic rings. The first-order valence-electron chi connectivity index (χ1n) is 7.20. The molecule has 8 heteroatoms. The van der Waals surface area contributed by atoms with Crippen molar-refractivity contribution >= 4 is 17.5 Å². The molecule has 0 amide bonds. The predicted molar refractivity (Wildman–Crippen MR) is 83.9 cm³/mol. The fourth-order valence-corrected chi connectivity index (χ4v) is 2.10. The van der Waals surface area contributed by atoms with Gasteiger partial charge in [-0.05, 0) is 26.4 Å². The van der Waals surface area contributed by atoms with Crippen molar-refractivity contribution in [1.82, 2.24) is 14.9 Å². The largest absolute Gasteiger partial charge is 0.363 e. The summed E-state index contributed by atoms with van der Waals surface area (Å²) in [6.07, 6.45) is 1.09. The molecule has 8 nitrogen and oxygen atoms in total. The van der Waals surface area contributed by atoms with Crippen LogP contribution >= 0.6 is 0 Å². The van der Waals surface area contributed by atoms with E-state index in [9.17, 15) is 10.1 Å². The molecule has 1 aromatic heterocycles. The molecular formula is C13H24N6O2. The summed E-state index contributed by atoms with van der Waals surface area (Å²) in [4.78, 5) is 21.2. The number of hydrogen-bond donors (Lipinski definition) is 2. The number of aromatic nitrogens is 2. The average Bonchev–Trinajstić information content (AvgIpc) is 2.45. The number of hydrogen-bond acceptors (Lipinski definition) is 7. The van der Waals surface area contributed by atoms with Crippen LogP contribution in [-0.2, 0) is 0 Å². The Labute approximate surface area is 125 Å². The lowest BCUT2D eigenvalue weighted by atomic mass is 10.3. The van der Waals surface area contributed by atoms with Crippen LogP contribution in [0.2, 0.25) is 0 Å². The van der Waals surface area contributed by atoms with Crippen LogP contribution in [0.5, 0.6) is 0 Å². The predicted octanol–water partition coefficient (Wildman–Crippen LogP) is 1.88. The van der Waals surface area contributed by atoms with Crippen molar-refractivity contribution in [2.45, 2.75) is 27.2 Å². The Balaban J connectivity index is 2.81. The highest BCUT2D eigenvalue weighted by atomic mass is 16.6. The maximum atomic E-state index is 11.2. The Kier molecular flexibility index (Phi) is 6.80. The van der Waals surface area contributed by atoms with Crippen molar-refractivity contribution in [3.05, 3.63) is 15.8 Å². The van der Waals surface area contributed by atoms with Crippen molar-refractivity contribution in [3.63, 3.8) is 0 Å².